The Hall–Kier alpha value is -0.320. The van der Waals surface area contributed by atoms with E-state index < -0.39 is 0 Å². The molecule has 1 amide bonds. The molecule has 4 nitrogen and oxygen atoms in total. The highest BCUT2D eigenvalue weighted by Gasteiger charge is 2.21. The molecule has 100 valence electrons. The van der Waals surface area contributed by atoms with Crippen LogP contribution in [0.3, 0.4) is 0 Å². The van der Waals surface area contributed by atoms with Gasteiger partial charge in [0.15, 0.2) is 0 Å². The number of nitrogens with one attached hydrogen (secondary N) is 1. The van der Waals surface area contributed by atoms with Gasteiger partial charge >= 0.3 is 0 Å². The predicted molar refractivity (Wildman–Crippen MR) is 69.5 cm³/mol. The summed E-state index contributed by atoms with van der Waals surface area (Å²) in [5.41, 5.74) is 0. The topological polar surface area (TPSA) is 41.6 Å². The molecule has 0 aliphatic carbocycles. The third-order valence-corrected chi connectivity index (χ3v) is 3.50. The maximum Gasteiger partial charge on any atom is 0.222 e. The minimum Gasteiger partial charge on any atom is -0.380 e. The van der Waals surface area contributed by atoms with E-state index in [9.17, 15) is 4.79 Å². The van der Waals surface area contributed by atoms with E-state index in [1.165, 1.54) is 0 Å². The van der Waals surface area contributed by atoms with Gasteiger partial charge in [0.2, 0.25) is 5.91 Å². The van der Waals surface area contributed by atoms with Gasteiger partial charge in [-0.05, 0) is 38.3 Å². The maximum atomic E-state index is 12.1. The van der Waals surface area contributed by atoms with Crippen molar-refractivity contribution in [3.05, 3.63) is 0 Å². The lowest BCUT2D eigenvalue weighted by molar-refractivity contribution is -0.132. The van der Waals surface area contributed by atoms with Crippen LogP contribution in [-0.2, 0) is 9.53 Å². The average molecular weight is 263 g/mol. The zero-order valence-electron chi connectivity index (χ0n) is 10.3. The summed E-state index contributed by atoms with van der Waals surface area (Å²) in [7, 11) is 0. The monoisotopic (exact) mass is 262 g/mol. The zero-order chi connectivity index (χ0) is 11.2. The van der Waals surface area contributed by atoms with Gasteiger partial charge in [-0.15, -0.1) is 12.4 Å². The highest BCUT2D eigenvalue weighted by molar-refractivity contribution is 5.85. The Morgan fingerprint density at radius 1 is 1.24 bits per heavy atom. The summed E-state index contributed by atoms with van der Waals surface area (Å²) >= 11 is 0. The predicted octanol–water partition coefficient (Wildman–Crippen LogP) is 1.05. The van der Waals surface area contributed by atoms with Crippen molar-refractivity contribution in [3.63, 3.8) is 0 Å². The fourth-order valence-electron chi connectivity index (χ4n) is 2.46. The summed E-state index contributed by atoms with van der Waals surface area (Å²) in [5, 5.41) is 3.33. The molecule has 0 unspecified atom stereocenters. The van der Waals surface area contributed by atoms with Gasteiger partial charge in [0.1, 0.15) is 0 Å². The lowest BCUT2D eigenvalue weighted by atomic mass is 9.94. The number of halogens is 1. The molecule has 0 aromatic heterocycles. The van der Waals surface area contributed by atoms with Crippen molar-refractivity contribution in [3.8, 4) is 0 Å². The van der Waals surface area contributed by atoms with Crippen LogP contribution in [0.4, 0.5) is 0 Å². The summed E-state index contributed by atoms with van der Waals surface area (Å²) in [5.74, 6) is 0.926. The van der Waals surface area contributed by atoms with E-state index >= 15 is 0 Å². The number of piperidine rings is 1. The number of amides is 1. The van der Waals surface area contributed by atoms with E-state index in [0.29, 0.717) is 18.4 Å². The molecule has 2 heterocycles. The van der Waals surface area contributed by atoms with Crippen LogP contribution in [0.1, 0.15) is 25.7 Å². The molecule has 2 aliphatic heterocycles. The Labute approximate surface area is 109 Å². The summed E-state index contributed by atoms with van der Waals surface area (Å²) in [4.78, 5) is 14.1. The minimum absolute atomic E-state index is 0. The molecule has 2 fully saturated rings. The Balaban J connectivity index is 0.00000144. The first-order valence-corrected chi connectivity index (χ1v) is 6.42. The number of rotatable bonds is 2. The van der Waals surface area contributed by atoms with E-state index in [0.717, 1.165) is 58.5 Å². The van der Waals surface area contributed by atoms with Crippen molar-refractivity contribution >= 4 is 18.3 Å². The molecule has 0 aromatic carbocycles. The van der Waals surface area contributed by atoms with Gasteiger partial charge in [-0.2, -0.15) is 0 Å². The Morgan fingerprint density at radius 2 is 2.00 bits per heavy atom. The number of ether oxygens (including phenoxy) is 1. The lowest BCUT2D eigenvalue weighted by Gasteiger charge is -2.26. The van der Waals surface area contributed by atoms with Gasteiger partial charge in [-0.25, -0.2) is 0 Å². The number of carbonyl (C=O) groups excluding carboxylic acids is 1. The van der Waals surface area contributed by atoms with E-state index in [2.05, 4.69) is 5.32 Å². The largest absolute Gasteiger partial charge is 0.380 e. The van der Waals surface area contributed by atoms with Crippen LogP contribution < -0.4 is 5.32 Å². The van der Waals surface area contributed by atoms with Gasteiger partial charge in [-0.3, -0.25) is 4.79 Å². The highest BCUT2D eigenvalue weighted by atomic mass is 35.5. The molecule has 2 aliphatic rings. The molecule has 5 heteroatoms. The molecule has 2 rings (SSSR count). The van der Waals surface area contributed by atoms with E-state index in [1.54, 1.807) is 0 Å². The molecule has 2 saturated heterocycles. The molecular formula is C12H23ClN2O2. The molecule has 0 aromatic rings. The van der Waals surface area contributed by atoms with Crippen LogP contribution in [0, 0.1) is 5.92 Å². The second-order valence-corrected chi connectivity index (χ2v) is 4.74. The first kappa shape index (κ1) is 14.7. The van der Waals surface area contributed by atoms with E-state index in [1.807, 2.05) is 4.90 Å². The standard InChI is InChI=1S/C12H22N2O2.ClH/c15-12(10-11-2-4-13-5-3-11)14-6-1-8-16-9-7-14;/h11,13H,1-10H2;1H. The molecular weight excluding hydrogens is 240 g/mol. The maximum absolute atomic E-state index is 12.1. The Morgan fingerprint density at radius 3 is 2.76 bits per heavy atom. The zero-order valence-corrected chi connectivity index (χ0v) is 11.1. The van der Waals surface area contributed by atoms with Crippen molar-refractivity contribution in [2.45, 2.75) is 25.7 Å². The second kappa shape index (κ2) is 7.90. The molecule has 0 atom stereocenters. The molecule has 0 saturated carbocycles. The summed E-state index contributed by atoms with van der Waals surface area (Å²) < 4.78 is 5.36. The van der Waals surface area contributed by atoms with Crippen LogP contribution in [-0.4, -0.2) is 50.2 Å². The fourth-order valence-corrected chi connectivity index (χ4v) is 2.46. The quantitative estimate of drug-likeness (QED) is 0.809. The van der Waals surface area contributed by atoms with Gasteiger partial charge in [-0.1, -0.05) is 0 Å². The molecule has 17 heavy (non-hydrogen) atoms. The van der Waals surface area contributed by atoms with Crippen molar-refractivity contribution in [1.82, 2.24) is 10.2 Å². The van der Waals surface area contributed by atoms with Gasteiger partial charge in [0, 0.05) is 26.1 Å². The van der Waals surface area contributed by atoms with Crippen LogP contribution >= 0.6 is 12.4 Å². The number of carbonyl (C=O) groups is 1. The molecule has 1 N–H and O–H groups in total. The van der Waals surface area contributed by atoms with Crippen LogP contribution in [0.15, 0.2) is 0 Å². The number of hydrogen-bond acceptors (Lipinski definition) is 3. The van der Waals surface area contributed by atoms with Crippen molar-refractivity contribution in [2.24, 2.45) is 5.92 Å². The minimum atomic E-state index is 0. The smallest absolute Gasteiger partial charge is 0.222 e. The SMILES string of the molecule is Cl.O=C(CC1CCNCC1)N1CCCOCC1. The molecule has 0 bridgehead atoms. The fraction of sp³-hybridized carbons (Fsp3) is 0.917. The second-order valence-electron chi connectivity index (χ2n) is 4.74. The summed E-state index contributed by atoms with van der Waals surface area (Å²) in [6.07, 6.45) is 4.02. The number of nitrogens with zero attached hydrogens (tertiary/aromatic N) is 1. The third kappa shape index (κ3) is 4.82. The first-order chi connectivity index (χ1) is 7.86. The van der Waals surface area contributed by atoms with Crippen molar-refractivity contribution in [2.75, 3.05) is 39.4 Å². The highest BCUT2D eigenvalue weighted by Crippen LogP contribution is 2.17. The van der Waals surface area contributed by atoms with Crippen molar-refractivity contribution in [1.29, 1.82) is 0 Å². The van der Waals surface area contributed by atoms with Crippen LogP contribution in [0.25, 0.3) is 0 Å². The Kier molecular flexibility index (Phi) is 6.85. The molecule has 0 radical (unpaired) electrons. The van der Waals surface area contributed by atoms with Gasteiger partial charge in [0.25, 0.3) is 0 Å². The lowest BCUT2D eigenvalue weighted by Crippen LogP contribution is -2.36. The van der Waals surface area contributed by atoms with Gasteiger partial charge < -0.3 is 15.0 Å². The van der Waals surface area contributed by atoms with Crippen molar-refractivity contribution < 1.29 is 9.53 Å². The van der Waals surface area contributed by atoms with E-state index in [-0.39, 0.29) is 12.4 Å². The van der Waals surface area contributed by atoms with Crippen LogP contribution in [0.2, 0.25) is 0 Å². The Bertz CT molecular complexity index is 225. The van der Waals surface area contributed by atoms with Gasteiger partial charge in [0.05, 0.1) is 6.61 Å². The summed E-state index contributed by atoms with van der Waals surface area (Å²) in [6.45, 7) is 5.31. The third-order valence-electron chi connectivity index (χ3n) is 3.50. The first-order valence-electron chi connectivity index (χ1n) is 6.42. The number of hydrogen-bond donors (Lipinski definition) is 1. The normalized spacial score (nSPS) is 22.7. The summed E-state index contributed by atoms with van der Waals surface area (Å²) in [6, 6.07) is 0. The average Bonchev–Trinajstić information content (AvgIpc) is 2.59. The van der Waals surface area contributed by atoms with E-state index in [4.69, 9.17) is 4.74 Å². The molecule has 0 spiro atoms. The van der Waals surface area contributed by atoms with Crippen LogP contribution in [0.5, 0.6) is 0 Å².